The fourth-order valence-corrected chi connectivity index (χ4v) is 2.12. The smallest absolute Gasteiger partial charge is 0.271 e. The van der Waals surface area contributed by atoms with E-state index in [1.54, 1.807) is 4.68 Å². The second-order valence-electron chi connectivity index (χ2n) is 4.87. The Hall–Kier alpha value is -2.10. The Balaban J connectivity index is 2.05. The molecule has 0 saturated carbocycles. The minimum Gasteiger partial charge on any atom is -0.351 e. The van der Waals surface area contributed by atoms with Gasteiger partial charge in [-0.15, -0.1) is 0 Å². The number of hydrogen-bond acceptors (Lipinski definition) is 2. The van der Waals surface area contributed by atoms with Gasteiger partial charge < -0.3 is 5.32 Å². The van der Waals surface area contributed by atoms with Gasteiger partial charge in [0, 0.05) is 13.6 Å². The molecule has 0 aliphatic heterocycles. The zero-order valence-electron chi connectivity index (χ0n) is 12.1. The second kappa shape index (κ2) is 6.89. The fraction of sp³-hybridized carbons (Fsp3) is 0.375. The lowest BCUT2D eigenvalue weighted by molar-refractivity contribution is 0.0947. The van der Waals surface area contributed by atoms with Gasteiger partial charge in [0.05, 0.1) is 5.69 Å². The summed E-state index contributed by atoms with van der Waals surface area (Å²) in [6.07, 6.45) is 3.30. The van der Waals surface area contributed by atoms with Gasteiger partial charge in [0.15, 0.2) is 5.69 Å². The summed E-state index contributed by atoms with van der Waals surface area (Å²) in [7, 11) is 1.86. The second-order valence-corrected chi connectivity index (χ2v) is 4.87. The number of unbranched alkanes of at least 4 members (excludes halogenated alkanes) is 2. The molecule has 0 fully saturated rings. The lowest BCUT2D eigenvalue weighted by Gasteiger charge is -2.01. The highest BCUT2D eigenvalue weighted by Crippen LogP contribution is 2.19. The normalized spacial score (nSPS) is 10.5. The van der Waals surface area contributed by atoms with Crippen molar-refractivity contribution in [1.29, 1.82) is 0 Å². The van der Waals surface area contributed by atoms with Gasteiger partial charge in [-0.3, -0.25) is 9.48 Å². The molecule has 0 aliphatic carbocycles. The van der Waals surface area contributed by atoms with Crippen molar-refractivity contribution < 1.29 is 4.79 Å². The number of carbonyl (C=O) groups excluding carboxylic acids is 1. The number of amides is 1. The predicted octanol–water partition coefficient (Wildman–Crippen LogP) is 3.01. The third-order valence-electron chi connectivity index (χ3n) is 3.25. The summed E-state index contributed by atoms with van der Waals surface area (Å²) in [5, 5.41) is 7.20. The lowest BCUT2D eigenvalue weighted by atomic mass is 10.1. The van der Waals surface area contributed by atoms with Crippen molar-refractivity contribution in [2.24, 2.45) is 7.05 Å². The van der Waals surface area contributed by atoms with Crippen LogP contribution in [0.3, 0.4) is 0 Å². The zero-order chi connectivity index (χ0) is 14.4. The van der Waals surface area contributed by atoms with E-state index >= 15 is 0 Å². The van der Waals surface area contributed by atoms with E-state index in [0.717, 1.165) is 30.5 Å². The van der Waals surface area contributed by atoms with Crippen LogP contribution in [0.2, 0.25) is 0 Å². The summed E-state index contributed by atoms with van der Waals surface area (Å²) < 4.78 is 1.75. The molecule has 1 amide bonds. The quantitative estimate of drug-likeness (QED) is 0.821. The van der Waals surface area contributed by atoms with E-state index in [2.05, 4.69) is 17.3 Å². The molecule has 0 atom stereocenters. The Morgan fingerprint density at radius 1 is 1.25 bits per heavy atom. The molecule has 0 unspecified atom stereocenters. The number of nitrogens with zero attached hydrogens (tertiary/aromatic N) is 2. The monoisotopic (exact) mass is 271 g/mol. The number of nitrogens with one attached hydrogen (secondary N) is 1. The van der Waals surface area contributed by atoms with E-state index in [9.17, 15) is 4.79 Å². The average Bonchev–Trinajstić information content (AvgIpc) is 2.86. The Morgan fingerprint density at radius 2 is 2.00 bits per heavy atom. The van der Waals surface area contributed by atoms with Gasteiger partial charge in [-0.1, -0.05) is 50.1 Å². The number of aryl methyl sites for hydroxylation is 1. The van der Waals surface area contributed by atoms with Crippen molar-refractivity contribution in [2.75, 3.05) is 6.54 Å². The molecule has 4 nitrogen and oxygen atoms in total. The van der Waals surface area contributed by atoms with Crippen LogP contribution in [0.25, 0.3) is 11.3 Å². The van der Waals surface area contributed by atoms with Crippen LogP contribution < -0.4 is 5.32 Å². The maximum atomic E-state index is 12.0. The summed E-state index contributed by atoms with van der Waals surface area (Å²) >= 11 is 0. The van der Waals surface area contributed by atoms with Crippen LogP contribution in [-0.4, -0.2) is 22.2 Å². The highest BCUT2D eigenvalue weighted by atomic mass is 16.1. The Morgan fingerprint density at radius 3 is 2.70 bits per heavy atom. The predicted molar refractivity (Wildman–Crippen MR) is 80.5 cm³/mol. The van der Waals surface area contributed by atoms with E-state index in [4.69, 9.17) is 0 Å². The van der Waals surface area contributed by atoms with Crippen molar-refractivity contribution in [1.82, 2.24) is 15.1 Å². The summed E-state index contributed by atoms with van der Waals surface area (Å²) in [4.78, 5) is 12.0. The molecule has 4 heteroatoms. The van der Waals surface area contributed by atoms with Gasteiger partial charge in [0.1, 0.15) is 0 Å². The third-order valence-corrected chi connectivity index (χ3v) is 3.25. The molecule has 1 N–H and O–H groups in total. The molecule has 1 aromatic heterocycles. The van der Waals surface area contributed by atoms with Crippen molar-refractivity contribution in [3.63, 3.8) is 0 Å². The number of aromatic nitrogens is 2. The maximum Gasteiger partial charge on any atom is 0.271 e. The van der Waals surface area contributed by atoms with Crippen molar-refractivity contribution >= 4 is 5.91 Å². The molecular weight excluding hydrogens is 250 g/mol. The minimum atomic E-state index is -0.0983. The molecule has 0 saturated heterocycles. The molecule has 20 heavy (non-hydrogen) atoms. The minimum absolute atomic E-state index is 0.0983. The van der Waals surface area contributed by atoms with E-state index in [1.165, 1.54) is 0 Å². The van der Waals surface area contributed by atoms with Crippen molar-refractivity contribution in [3.8, 4) is 11.3 Å². The number of rotatable bonds is 6. The highest BCUT2D eigenvalue weighted by Gasteiger charge is 2.13. The molecule has 1 aromatic carbocycles. The Bertz CT molecular complexity index is 560. The highest BCUT2D eigenvalue weighted by molar-refractivity contribution is 5.93. The molecule has 106 valence electrons. The molecular formula is C16H21N3O. The van der Waals surface area contributed by atoms with Gasteiger partial charge in [-0.25, -0.2) is 0 Å². The zero-order valence-corrected chi connectivity index (χ0v) is 12.1. The van der Waals surface area contributed by atoms with Crippen LogP contribution in [0.5, 0.6) is 0 Å². The number of benzene rings is 1. The van der Waals surface area contributed by atoms with Gasteiger partial charge in [-0.2, -0.15) is 5.10 Å². The molecule has 2 rings (SSSR count). The summed E-state index contributed by atoms with van der Waals surface area (Å²) in [5.74, 6) is -0.0983. The van der Waals surface area contributed by atoms with Crippen molar-refractivity contribution in [2.45, 2.75) is 26.2 Å². The van der Waals surface area contributed by atoms with E-state index < -0.39 is 0 Å². The topological polar surface area (TPSA) is 46.9 Å². The molecule has 0 bridgehead atoms. The fourth-order valence-electron chi connectivity index (χ4n) is 2.12. The molecule has 1 heterocycles. The number of carbonyl (C=O) groups is 1. The van der Waals surface area contributed by atoms with Gasteiger partial charge in [0.25, 0.3) is 5.91 Å². The van der Waals surface area contributed by atoms with Crippen LogP contribution in [-0.2, 0) is 7.05 Å². The Labute approximate surface area is 119 Å². The Kier molecular flexibility index (Phi) is 4.93. The lowest BCUT2D eigenvalue weighted by Crippen LogP contribution is -2.24. The van der Waals surface area contributed by atoms with Crippen LogP contribution in [0, 0.1) is 0 Å². The first-order valence-corrected chi connectivity index (χ1v) is 7.10. The average molecular weight is 271 g/mol. The van der Waals surface area contributed by atoms with Crippen LogP contribution in [0.1, 0.15) is 36.7 Å². The molecule has 0 spiro atoms. The van der Waals surface area contributed by atoms with Gasteiger partial charge in [0.2, 0.25) is 0 Å². The van der Waals surface area contributed by atoms with Crippen LogP contribution in [0.15, 0.2) is 36.4 Å². The first kappa shape index (κ1) is 14.3. The summed E-state index contributed by atoms with van der Waals surface area (Å²) in [5.41, 5.74) is 2.49. The summed E-state index contributed by atoms with van der Waals surface area (Å²) in [6.45, 7) is 2.86. The van der Waals surface area contributed by atoms with E-state index in [-0.39, 0.29) is 5.91 Å². The van der Waals surface area contributed by atoms with Crippen molar-refractivity contribution in [3.05, 3.63) is 42.1 Å². The standard InChI is InChI=1S/C16H21N3O/c1-3-4-8-11-17-16(20)14-12-15(19(2)18-14)13-9-6-5-7-10-13/h5-7,9-10,12H,3-4,8,11H2,1-2H3,(H,17,20). The van der Waals surface area contributed by atoms with Gasteiger partial charge in [-0.05, 0) is 18.1 Å². The SMILES string of the molecule is CCCCCNC(=O)c1cc(-c2ccccc2)n(C)n1. The summed E-state index contributed by atoms with van der Waals surface area (Å²) in [6, 6.07) is 11.8. The van der Waals surface area contributed by atoms with E-state index in [1.807, 2.05) is 43.4 Å². The molecule has 0 aliphatic rings. The van der Waals surface area contributed by atoms with Crippen LogP contribution in [0.4, 0.5) is 0 Å². The first-order valence-electron chi connectivity index (χ1n) is 7.10. The van der Waals surface area contributed by atoms with E-state index in [0.29, 0.717) is 12.2 Å². The largest absolute Gasteiger partial charge is 0.351 e. The molecule has 2 aromatic rings. The van der Waals surface area contributed by atoms with Gasteiger partial charge >= 0.3 is 0 Å². The van der Waals surface area contributed by atoms with Crippen LogP contribution >= 0.6 is 0 Å². The number of hydrogen-bond donors (Lipinski definition) is 1. The maximum absolute atomic E-state index is 12.0. The molecule has 0 radical (unpaired) electrons. The third kappa shape index (κ3) is 3.47. The first-order chi connectivity index (χ1) is 9.72.